The lowest BCUT2D eigenvalue weighted by Crippen LogP contribution is -2.36. The van der Waals surface area contributed by atoms with Gasteiger partial charge in [-0.25, -0.2) is 23.9 Å². The quantitative estimate of drug-likeness (QED) is 0.526. The summed E-state index contributed by atoms with van der Waals surface area (Å²) < 4.78 is 34.2. The van der Waals surface area contributed by atoms with Crippen LogP contribution in [-0.2, 0) is 14.3 Å². The maximum absolute atomic E-state index is 13.2. The monoisotopic (exact) mass is 443 g/mol. The Hall–Kier alpha value is -3.95. The van der Waals surface area contributed by atoms with E-state index >= 15 is 0 Å². The van der Waals surface area contributed by atoms with Gasteiger partial charge in [0.05, 0.1) is 30.9 Å². The molecule has 1 N–H and O–H groups in total. The number of esters is 1. The summed E-state index contributed by atoms with van der Waals surface area (Å²) >= 11 is 0. The highest BCUT2D eigenvalue weighted by molar-refractivity contribution is 5.75. The summed E-state index contributed by atoms with van der Waals surface area (Å²) in [6.45, 7) is 3.31. The number of carbonyl (C=O) groups is 2. The van der Waals surface area contributed by atoms with Crippen molar-refractivity contribution in [1.29, 1.82) is 0 Å². The average molecular weight is 443 g/mol. The first-order chi connectivity index (χ1) is 15.3. The van der Waals surface area contributed by atoms with Crippen molar-refractivity contribution in [2.24, 2.45) is 0 Å². The van der Waals surface area contributed by atoms with Gasteiger partial charge in [-0.1, -0.05) is 0 Å². The number of fused-ring (bicyclic) bond motifs is 1. The van der Waals surface area contributed by atoms with Gasteiger partial charge in [-0.15, -0.1) is 0 Å². The third-order valence-corrected chi connectivity index (χ3v) is 4.21. The van der Waals surface area contributed by atoms with Gasteiger partial charge in [-0.3, -0.25) is 0 Å². The van der Waals surface area contributed by atoms with Crippen molar-refractivity contribution >= 4 is 23.1 Å². The fraction of sp³-hybridized carbons (Fsp3) is 0.273. The number of amides is 1. The summed E-state index contributed by atoms with van der Waals surface area (Å²) in [6.07, 6.45) is -0.624. The van der Waals surface area contributed by atoms with E-state index in [2.05, 4.69) is 20.0 Å². The Bertz CT molecular complexity index is 1090. The molecule has 0 fully saturated rings. The van der Waals surface area contributed by atoms with Crippen molar-refractivity contribution in [2.45, 2.75) is 26.1 Å². The van der Waals surface area contributed by atoms with Crippen LogP contribution in [0.25, 0.3) is 11.0 Å². The predicted octanol–water partition coefficient (Wildman–Crippen LogP) is 3.62. The molecular weight excluding hydrogens is 421 g/mol. The van der Waals surface area contributed by atoms with Gasteiger partial charge >= 0.3 is 12.1 Å². The van der Waals surface area contributed by atoms with Crippen LogP contribution in [0, 0.1) is 5.82 Å². The van der Waals surface area contributed by atoms with Crippen molar-refractivity contribution < 1.29 is 32.9 Å². The molecule has 2 atom stereocenters. The van der Waals surface area contributed by atoms with Crippen LogP contribution in [-0.4, -0.2) is 47.9 Å². The van der Waals surface area contributed by atoms with Gasteiger partial charge < -0.3 is 24.3 Å². The van der Waals surface area contributed by atoms with Crippen LogP contribution in [0.5, 0.6) is 17.4 Å². The van der Waals surface area contributed by atoms with E-state index < -0.39 is 24.3 Å². The molecule has 32 heavy (non-hydrogen) atoms. The van der Waals surface area contributed by atoms with Gasteiger partial charge in [0, 0.05) is 6.07 Å². The summed E-state index contributed by atoms with van der Waals surface area (Å²) in [5.41, 5.74) is 0.935. The Balaban J connectivity index is 1.53. The molecule has 9 nitrogen and oxygen atoms in total. The molecular formula is C22H22FN3O6. The second kappa shape index (κ2) is 10.4. The third-order valence-electron chi connectivity index (χ3n) is 4.21. The maximum atomic E-state index is 13.2. The van der Waals surface area contributed by atoms with Crippen LogP contribution in [0.3, 0.4) is 0 Å². The first-order valence-electron chi connectivity index (χ1n) is 9.73. The topological polar surface area (TPSA) is 109 Å². The standard InChI is InChI=1S/C22H22FN3O6/c1-13(11-25-22(28)29-3)30-21(27)14(2)31-16-5-7-17(8-6-16)32-20-12-24-19-10-15(23)4-9-18(19)26-20/h4-10,12-14H,11H2,1-3H3,(H,25,28). The number of carbonyl (C=O) groups excluding carboxylic acids is 2. The number of nitrogens with one attached hydrogen (secondary N) is 1. The third kappa shape index (κ3) is 6.27. The van der Waals surface area contributed by atoms with Crippen LogP contribution in [0.4, 0.5) is 9.18 Å². The highest BCUT2D eigenvalue weighted by atomic mass is 19.1. The first kappa shape index (κ1) is 22.7. The number of alkyl carbamates (subject to hydrolysis) is 1. The van der Waals surface area contributed by atoms with Gasteiger partial charge in [0.25, 0.3) is 0 Å². The maximum Gasteiger partial charge on any atom is 0.406 e. The van der Waals surface area contributed by atoms with Crippen molar-refractivity contribution in [1.82, 2.24) is 15.3 Å². The Morgan fingerprint density at radius 3 is 2.50 bits per heavy atom. The van der Waals surface area contributed by atoms with E-state index in [-0.39, 0.29) is 18.2 Å². The van der Waals surface area contributed by atoms with Crippen LogP contribution in [0.1, 0.15) is 13.8 Å². The van der Waals surface area contributed by atoms with Crippen molar-refractivity contribution in [3.63, 3.8) is 0 Å². The number of benzene rings is 2. The highest BCUT2D eigenvalue weighted by Gasteiger charge is 2.19. The van der Waals surface area contributed by atoms with E-state index in [0.717, 1.165) is 0 Å². The van der Waals surface area contributed by atoms with Gasteiger partial charge in [0.15, 0.2) is 6.10 Å². The molecule has 10 heteroatoms. The molecule has 0 spiro atoms. The minimum Gasteiger partial charge on any atom is -0.479 e. The number of halogens is 1. The Labute approximate surface area is 183 Å². The Kier molecular flexibility index (Phi) is 7.37. The summed E-state index contributed by atoms with van der Waals surface area (Å²) in [7, 11) is 1.25. The predicted molar refractivity (Wildman–Crippen MR) is 112 cm³/mol. The molecule has 3 rings (SSSR count). The molecule has 0 aliphatic rings. The minimum atomic E-state index is -0.867. The zero-order valence-electron chi connectivity index (χ0n) is 17.7. The van der Waals surface area contributed by atoms with E-state index in [1.165, 1.54) is 31.5 Å². The summed E-state index contributed by atoms with van der Waals surface area (Å²) in [5, 5.41) is 2.45. The number of methoxy groups -OCH3 is 1. The molecule has 0 aliphatic heterocycles. The highest BCUT2D eigenvalue weighted by Crippen LogP contribution is 2.24. The van der Waals surface area contributed by atoms with E-state index in [4.69, 9.17) is 14.2 Å². The molecule has 0 radical (unpaired) electrons. The normalized spacial score (nSPS) is 12.5. The van der Waals surface area contributed by atoms with Crippen LogP contribution >= 0.6 is 0 Å². The van der Waals surface area contributed by atoms with E-state index in [0.29, 0.717) is 22.5 Å². The summed E-state index contributed by atoms with van der Waals surface area (Å²) in [4.78, 5) is 31.6. The molecule has 168 valence electrons. The summed E-state index contributed by atoms with van der Waals surface area (Å²) in [6, 6.07) is 10.7. The van der Waals surface area contributed by atoms with Crippen LogP contribution in [0.15, 0.2) is 48.7 Å². The van der Waals surface area contributed by atoms with Gasteiger partial charge in [0.2, 0.25) is 5.88 Å². The lowest BCUT2D eigenvalue weighted by atomic mass is 10.3. The van der Waals surface area contributed by atoms with Gasteiger partial charge in [-0.2, -0.15) is 0 Å². The largest absolute Gasteiger partial charge is 0.479 e. The van der Waals surface area contributed by atoms with Crippen LogP contribution < -0.4 is 14.8 Å². The minimum absolute atomic E-state index is 0.115. The molecule has 0 saturated carbocycles. The fourth-order valence-electron chi connectivity index (χ4n) is 2.61. The lowest BCUT2D eigenvalue weighted by Gasteiger charge is -2.18. The molecule has 2 aromatic carbocycles. The second-order valence-electron chi connectivity index (χ2n) is 6.79. The molecule has 1 heterocycles. The number of ether oxygens (including phenoxy) is 4. The van der Waals surface area contributed by atoms with Crippen molar-refractivity contribution in [3.8, 4) is 17.4 Å². The molecule has 2 unspecified atom stereocenters. The number of hydrogen-bond acceptors (Lipinski definition) is 8. The Morgan fingerprint density at radius 1 is 1.06 bits per heavy atom. The molecule has 0 saturated heterocycles. The zero-order chi connectivity index (χ0) is 23.1. The zero-order valence-corrected chi connectivity index (χ0v) is 17.7. The lowest BCUT2D eigenvalue weighted by molar-refractivity contribution is -0.155. The molecule has 3 aromatic rings. The molecule has 0 bridgehead atoms. The smallest absolute Gasteiger partial charge is 0.406 e. The van der Waals surface area contributed by atoms with E-state index in [9.17, 15) is 14.0 Å². The van der Waals surface area contributed by atoms with Gasteiger partial charge in [0.1, 0.15) is 23.4 Å². The number of rotatable bonds is 8. The van der Waals surface area contributed by atoms with Crippen LogP contribution in [0.2, 0.25) is 0 Å². The first-order valence-corrected chi connectivity index (χ1v) is 9.73. The molecule has 1 amide bonds. The molecule has 1 aromatic heterocycles. The Morgan fingerprint density at radius 2 is 1.78 bits per heavy atom. The SMILES string of the molecule is COC(=O)NCC(C)OC(=O)C(C)Oc1ccc(Oc2cnc3cc(F)ccc3n2)cc1. The number of aromatic nitrogens is 2. The van der Waals surface area contributed by atoms with Crippen molar-refractivity contribution in [3.05, 3.63) is 54.5 Å². The van der Waals surface area contributed by atoms with E-state index in [1.807, 2.05) is 0 Å². The van der Waals surface area contributed by atoms with Crippen molar-refractivity contribution in [2.75, 3.05) is 13.7 Å². The second-order valence-corrected chi connectivity index (χ2v) is 6.79. The number of nitrogens with zero attached hydrogens (tertiary/aromatic N) is 2. The fourth-order valence-corrected chi connectivity index (χ4v) is 2.61. The average Bonchev–Trinajstić information content (AvgIpc) is 2.78. The molecule has 0 aliphatic carbocycles. The van der Waals surface area contributed by atoms with E-state index in [1.54, 1.807) is 38.1 Å². The van der Waals surface area contributed by atoms with Gasteiger partial charge in [-0.05, 0) is 50.2 Å². The number of hydrogen-bond donors (Lipinski definition) is 1. The summed E-state index contributed by atoms with van der Waals surface area (Å²) in [5.74, 6) is 0.200.